The average molecular weight is 305 g/mol. The predicted molar refractivity (Wildman–Crippen MR) is 74.9 cm³/mol. The Kier molecular flexibility index (Phi) is 5.44. The summed E-state index contributed by atoms with van der Waals surface area (Å²) in [6.07, 6.45) is 0. The molecule has 7 heteroatoms. The molecule has 0 fully saturated rings. The fourth-order valence-electron chi connectivity index (χ4n) is 1.42. The minimum Gasteiger partial charge on any atom is -0.480 e. The SMILES string of the molecule is CC(C)[C@H](NC(=O)Nc1c(Cl)cccc1Cl)C(=O)O. The van der Waals surface area contributed by atoms with E-state index in [1.54, 1.807) is 32.0 Å². The normalized spacial score (nSPS) is 12.1. The number of carbonyl (C=O) groups is 2. The lowest BCUT2D eigenvalue weighted by Crippen LogP contribution is -2.46. The van der Waals surface area contributed by atoms with Crippen molar-refractivity contribution in [2.45, 2.75) is 19.9 Å². The van der Waals surface area contributed by atoms with Gasteiger partial charge in [-0.1, -0.05) is 43.1 Å². The van der Waals surface area contributed by atoms with Crippen LogP contribution in [0.3, 0.4) is 0 Å². The highest BCUT2D eigenvalue weighted by atomic mass is 35.5. The van der Waals surface area contributed by atoms with Gasteiger partial charge in [-0.05, 0) is 18.1 Å². The first kappa shape index (κ1) is 15.6. The summed E-state index contributed by atoms with van der Waals surface area (Å²) in [5.74, 6) is -1.35. The molecule has 1 aromatic rings. The summed E-state index contributed by atoms with van der Waals surface area (Å²) in [6.45, 7) is 3.39. The Morgan fingerprint density at radius 2 is 1.74 bits per heavy atom. The lowest BCUT2D eigenvalue weighted by Gasteiger charge is -2.18. The molecule has 0 aliphatic carbocycles. The number of hydrogen-bond donors (Lipinski definition) is 3. The highest BCUT2D eigenvalue weighted by molar-refractivity contribution is 6.39. The second-order valence-electron chi connectivity index (χ2n) is 4.26. The maximum atomic E-state index is 11.7. The van der Waals surface area contributed by atoms with Gasteiger partial charge in [0.1, 0.15) is 6.04 Å². The summed E-state index contributed by atoms with van der Waals surface area (Å²) in [7, 11) is 0. The van der Waals surface area contributed by atoms with Crippen molar-refractivity contribution in [2.75, 3.05) is 5.32 Å². The van der Waals surface area contributed by atoms with Crippen molar-refractivity contribution in [1.82, 2.24) is 5.32 Å². The van der Waals surface area contributed by atoms with Crippen molar-refractivity contribution < 1.29 is 14.7 Å². The van der Waals surface area contributed by atoms with Crippen molar-refractivity contribution in [3.63, 3.8) is 0 Å². The number of benzene rings is 1. The minimum atomic E-state index is -1.10. The third kappa shape index (κ3) is 4.29. The Hall–Kier alpha value is -1.46. The van der Waals surface area contributed by atoms with Crippen molar-refractivity contribution in [3.8, 4) is 0 Å². The summed E-state index contributed by atoms with van der Waals surface area (Å²) in [5, 5.41) is 14.3. The lowest BCUT2D eigenvalue weighted by molar-refractivity contribution is -0.140. The highest BCUT2D eigenvalue weighted by Gasteiger charge is 2.23. The molecule has 0 radical (unpaired) electrons. The van der Waals surface area contributed by atoms with Crippen molar-refractivity contribution in [2.24, 2.45) is 5.92 Å². The summed E-state index contributed by atoms with van der Waals surface area (Å²) in [4.78, 5) is 22.7. The molecule has 1 aromatic carbocycles. The molecule has 3 N–H and O–H groups in total. The van der Waals surface area contributed by atoms with Gasteiger partial charge >= 0.3 is 12.0 Å². The van der Waals surface area contributed by atoms with E-state index < -0.39 is 18.0 Å². The van der Waals surface area contributed by atoms with Gasteiger partial charge in [0.2, 0.25) is 0 Å². The van der Waals surface area contributed by atoms with Crippen molar-refractivity contribution >= 4 is 40.9 Å². The lowest BCUT2D eigenvalue weighted by atomic mass is 10.1. The Labute approximate surface area is 120 Å². The Bertz CT molecular complexity index is 472. The van der Waals surface area contributed by atoms with Gasteiger partial charge in [0, 0.05) is 0 Å². The molecule has 1 atom stereocenters. The number of anilines is 1. The first-order valence-electron chi connectivity index (χ1n) is 5.57. The molecule has 0 saturated carbocycles. The molecule has 0 spiro atoms. The molecule has 2 amide bonds. The zero-order chi connectivity index (χ0) is 14.6. The van der Waals surface area contributed by atoms with Crippen LogP contribution < -0.4 is 10.6 Å². The molecule has 19 heavy (non-hydrogen) atoms. The Morgan fingerprint density at radius 3 is 2.16 bits per heavy atom. The number of halogens is 2. The van der Waals surface area contributed by atoms with Gasteiger partial charge in [-0.3, -0.25) is 0 Å². The van der Waals surface area contributed by atoms with Gasteiger partial charge in [0.25, 0.3) is 0 Å². The van der Waals surface area contributed by atoms with Gasteiger partial charge in [0.05, 0.1) is 15.7 Å². The molecule has 0 bridgehead atoms. The average Bonchev–Trinajstić information content (AvgIpc) is 2.30. The Balaban J connectivity index is 2.78. The number of hydrogen-bond acceptors (Lipinski definition) is 2. The van der Waals surface area contributed by atoms with Crippen LogP contribution in [-0.2, 0) is 4.79 Å². The second kappa shape index (κ2) is 6.63. The predicted octanol–water partition coefficient (Wildman–Crippen LogP) is 3.22. The first-order chi connectivity index (χ1) is 8.82. The van der Waals surface area contributed by atoms with Gasteiger partial charge in [0.15, 0.2) is 0 Å². The van der Waals surface area contributed by atoms with Crippen molar-refractivity contribution in [3.05, 3.63) is 28.2 Å². The van der Waals surface area contributed by atoms with Crippen LogP contribution in [0.2, 0.25) is 10.0 Å². The van der Waals surface area contributed by atoms with Crippen LogP contribution in [0.4, 0.5) is 10.5 Å². The molecule has 0 saturated heterocycles. The van der Waals surface area contributed by atoms with Gasteiger partial charge < -0.3 is 15.7 Å². The van der Waals surface area contributed by atoms with E-state index in [9.17, 15) is 9.59 Å². The number of amides is 2. The molecule has 0 aliphatic heterocycles. The number of carboxylic acid groups (broad SMARTS) is 1. The van der Waals surface area contributed by atoms with Crippen molar-refractivity contribution in [1.29, 1.82) is 0 Å². The third-order valence-electron chi connectivity index (χ3n) is 2.42. The van der Waals surface area contributed by atoms with E-state index in [0.717, 1.165) is 0 Å². The number of urea groups is 1. The van der Waals surface area contributed by atoms with Gasteiger partial charge in [-0.2, -0.15) is 0 Å². The zero-order valence-electron chi connectivity index (χ0n) is 10.4. The largest absolute Gasteiger partial charge is 0.480 e. The zero-order valence-corrected chi connectivity index (χ0v) is 11.9. The molecule has 5 nitrogen and oxygen atoms in total. The Morgan fingerprint density at radius 1 is 1.21 bits per heavy atom. The van der Waals surface area contributed by atoms with Gasteiger partial charge in [-0.25, -0.2) is 9.59 Å². The molecule has 1 rings (SSSR count). The molecular weight excluding hydrogens is 291 g/mol. The van der Waals surface area contributed by atoms with Crippen LogP contribution in [0.25, 0.3) is 0 Å². The maximum absolute atomic E-state index is 11.7. The molecule has 0 aliphatic rings. The van der Waals surface area contributed by atoms with E-state index in [0.29, 0.717) is 0 Å². The fraction of sp³-hybridized carbons (Fsp3) is 0.333. The number of aliphatic carboxylic acids is 1. The van der Waals surface area contributed by atoms with Gasteiger partial charge in [-0.15, -0.1) is 0 Å². The molecular formula is C12H14Cl2N2O3. The maximum Gasteiger partial charge on any atom is 0.326 e. The van der Waals surface area contributed by atoms with Crippen LogP contribution in [-0.4, -0.2) is 23.1 Å². The smallest absolute Gasteiger partial charge is 0.326 e. The van der Waals surface area contributed by atoms with Crippen LogP contribution in [0, 0.1) is 5.92 Å². The van der Waals surface area contributed by atoms with E-state index in [2.05, 4.69) is 10.6 Å². The van der Waals surface area contributed by atoms with Crippen LogP contribution in [0.5, 0.6) is 0 Å². The van der Waals surface area contributed by atoms with Crippen LogP contribution in [0.1, 0.15) is 13.8 Å². The third-order valence-corrected chi connectivity index (χ3v) is 3.05. The van der Waals surface area contributed by atoms with E-state index in [-0.39, 0.29) is 21.7 Å². The number of para-hydroxylation sites is 1. The van der Waals surface area contributed by atoms with E-state index in [4.69, 9.17) is 28.3 Å². The number of nitrogens with one attached hydrogen (secondary N) is 2. The summed E-state index contributed by atoms with van der Waals surface area (Å²) >= 11 is 11.8. The summed E-state index contributed by atoms with van der Waals surface area (Å²) < 4.78 is 0. The number of carboxylic acids is 1. The topological polar surface area (TPSA) is 78.4 Å². The van der Waals surface area contributed by atoms with E-state index >= 15 is 0 Å². The summed E-state index contributed by atoms with van der Waals surface area (Å²) in [6, 6.07) is 3.12. The number of carbonyl (C=O) groups excluding carboxylic acids is 1. The quantitative estimate of drug-likeness (QED) is 0.799. The molecule has 0 unspecified atom stereocenters. The standard InChI is InChI=1S/C12H14Cl2N2O3/c1-6(2)9(11(17)18)15-12(19)16-10-7(13)4-3-5-8(10)14/h3-6,9H,1-2H3,(H,17,18)(H2,15,16,19)/t9-/m0/s1. The van der Waals surface area contributed by atoms with E-state index in [1.807, 2.05) is 0 Å². The monoisotopic (exact) mass is 304 g/mol. The molecule has 104 valence electrons. The minimum absolute atomic E-state index is 0.245. The van der Waals surface area contributed by atoms with Crippen LogP contribution in [0.15, 0.2) is 18.2 Å². The fourth-order valence-corrected chi connectivity index (χ4v) is 1.91. The van der Waals surface area contributed by atoms with Crippen LogP contribution >= 0.6 is 23.2 Å². The van der Waals surface area contributed by atoms with E-state index in [1.165, 1.54) is 0 Å². The first-order valence-corrected chi connectivity index (χ1v) is 6.33. The molecule has 0 aromatic heterocycles. The number of rotatable bonds is 4. The second-order valence-corrected chi connectivity index (χ2v) is 5.07. The molecule has 0 heterocycles. The summed E-state index contributed by atoms with van der Waals surface area (Å²) in [5.41, 5.74) is 0.247. The highest BCUT2D eigenvalue weighted by Crippen LogP contribution is 2.29.